The second-order valence-corrected chi connectivity index (χ2v) is 7.63. The van der Waals surface area contributed by atoms with Crippen LogP contribution in [-0.2, 0) is 6.54 Å². The van der Waals surface area contributed by atoms with E-state index in [0.717, 1.165) is 56.8 Å². The van der Waals surface area contributed by atoms with Crippen molar-refractivity contribution in [1.29, 1.82) is 0 Å². The Bertz CT molecular complexity index is 538. The van der Waals surface area contributed by atoms with Crippen LogP contribution in [0.5, 0.6) is 0 Å². The zero-order valence-electron chi connectivity index (χ0n) is 16.4. The number of hydrogen-bond acceptors (Lipinski definition) is 5. The number of aliphatic imine (C=N–C) groups is 1. The zero-order chi connectivity index (χ0) is 18.2. The Balaban J connectivity index is 1.33. The summed E-state index contributed by atoms with van der Waals surface area (Å²) in [7, 11) is 1.89. The van der Waals surface area contributed by atoms with Gasteiger partial charge in [-0.3, -0.25) is 9.89 Å². The predicted molar refractivity (Wildman–Crippen MR) is 104 cm³/mol. The lowest BCUT2D eigenvalue weighted by Crippen LogP contribution is -2.52. The number of nitrogens with one attached hydrogen (secondary N) is 1. The maximum absolute atomic E-state index is 4.92. The van der Waals surface area contributed by atoms with E-state index in [1.807, 2.05) is 13.1 Å². The molecule has 0 amide bonds. The lowest BCUT2D eigenvalue weighted by Gasteiger charge is -2.36. The second-order valence-electron chi connectivity index (χ2n) is 7.63. The van der Waals surface area contributed by atoms with Crippen LogP contribution in [0, 0.1) is 5.92 Å². The van der Waals surface area contributed by atoms with Crippen LogP contribution >= 0.6 is 0 Å². The molecule has 0 saturated carbocycles. The monoisotopic (exact) mass is 362 g/mol. The molecule has 26 heavy (non-hydrogen) atoms. The van der Waals surface area contributed by atoms with Crippen molar-refractivity contribution < 1.29 is 4.52 Å². The van der Waals surface area contributed by atoms with Crippen molar-refractivity contribution in [3.05, 3.63) is 18.0 Å². The van der Waals surface area contributed by atoms with Crippen LogP contribution in [0.15, 0.2) is 21.8 Å². The van der Waals surface area contributed by atoms with Gasteiger partial charge in [0.25, 0.3) is 0 Å². The van der Waals surface area contributed by atoms with Gasteiger partial charge < -0.3 is 19.6 Å². The molecule has 0 radical (unpaired) electrons. The summed E-state index contributed by atoms with van der Waals surface area (Å²) < 4.78 is 4.92. The molecular weight excluding hydrogens is 328 g/mol. The minimum absolute atomic E-state index is 0.859. The quantitative estimate of drug-likeness (QED) is 0.470. The van der Waals surface area contributed by atoms with E-state index in [0.29, 0.717) is 0 Å². The molecule has 3 heterocycles. The molecule has 1 aromatic heterocycles. The molecule has 1 unspecified atom stereocenters. The van der Waals surface area contributed by atoms with Crippen molar-refractivity contribution in [2.24, 2.45) is 10.9 Å². The number of piperazine rings is 1. The fraction of sp³-hybridized carbons (Fsp3) is 0.789. The van der Waals surface area contributed by atoms with Gasteiger partial charge >= 0.3 is 0 Å². The Morgan fingerprint density at radius 1 is 1.27 bits per heavy atom. The Hall–Kier alpha value is -1.60. The van der Waals surface area contributed by atoms with Crippen molar-refractivity contribution in [2.45, 2.75) is 32.7 Å². The summed E-state index contributed by atoms with van der Waals surface area (Å²) in [5.41, 5.74) is 1.01. The highest BCUT2D eigenvalue weighted by Gasteiger charge is 2.20. The number of piperidine rings is 1. The van der Waals surface area contributed by atoms with E-state index >= 15 is 0 Å². The predicted octanol–water partition coefficient (Wildman–Crippen LogP) is 1.49. The first kappa shape index (κ1) is 19.2. The number of likely N-dealkylation sites (tertiary alicyclic amines) is 1. The highest BCUT2D eigenvalue weighted by atomic mass is 16.5. The average Bonchev–Trinajstić information content (AvgIpc) is 3.16. The number of aromatic nitrogens is 1. The minimum atomic E-state index is 0.859. The summed E-state index contributed by atoms with van der Waals surface area (Å²) in [4.78, 5) is 11.9. The van der Waals surface area contributed by atoms with Crippen LogP contribution in [0.3, 0.4) is 0 Å². The Labute approximate surface area is 157 Å². The van der Waals surface area contributed by atoms with Gasteiger partial charge in [-0.15, -0.1) is 0 Å². The maximum atomic E-state index is 4.92. The topological polar surface area (TPSA) is 60.1 Å². The first-order chi connectivity index (χ1) is 12.7. The van der Waals surface area contributed by atoms with Gasteiger partial charge in [-0.2, -0.15) is 0 Å². The number of nitrogens with zero attached hydrogens (tertiary/aromatic N) is 5. The van der Waals surface area contributed by atoms with Crippen LogP contribution in [0.2, 0.25) is 0 Å². The van der Waals surface area contributed by atoms with Gasteiger partial charge in [0.2, 0.25) is 0 Å². The lowest BCUT2D eigenvalue weighted by atomic mass is 10.0. The molecule has 1 atom stereocenters. The summed E-state index contributed by atoms with van der Waals surface area (Å²) >= 11 is 0. The van der Waals surface area contributed by atoms with Gasteiger partial charge in [-0.05, 0) is 38.3 Å². The Morgan fingerprint density at radius 3 is 2.81 bits per heavy atom. The molecule has 0 aromatic carbocycles. The molecule has 2 aliphatic heterocycles. The smallest absolute Gasteiger partial charge is 0.193 e. The first-order valence-electron chi connectivity index (χ1n) is 10.0. The fourth-order valence-electron chi connectivity index (χ4n) is 3.99. The summed E-state index contributed by atoms with van der Waals surface area (Å²) in [5, 5.41) is 7.56. The molecule has 0 aliphatic carbocycles. The third kappa shape index (κ3) is 5.71. The van der Waals surface area contributed by atoms with Crippen LogP contribution in [0.4, 0.5) is 0 Å². The third-order valence-electron chi connectivity index (χ3n) is 5.44. The van der Waals surface area contributed by atoms with Gasteiger partial charge in [-0.25, -0.2) is 0 Å². The molecule has 2 saturated heterocycles. The molecule has 0 bridgehead atoms. The molecule has 7 heteroatoms. The van der Waals surface area contributed by atoms with Crippen molar-refractivity contribution in [2.75, 3.05) is 59.4 Å². The summed E-state index contributed by atoms with van der Waals surface area (Å²) in [6, 6.07) is 1.94. The van der Waals surface area contributed by atoms with Gasteiger partial charge in [0.15, 0.2) is 5.96 Å². The average molecular weight is 363 g/mol. The van der Waals surface area contributed by atoms with E-state index < -0.39 is 0 Å². The SMILES string of the molecule is CN=C(NCCCN1CCCC(C)C1)N1CCN(Cc2ccon2)CC1. The summed E-state index contributed by atoms with van der Waals surface area (Å²) in [6.07, 6.45) is 5.57. The van der Waals surface area contributed by atoms with Crippen LogP contribution < -0.4 is 5.32 Å². The van der Waals surface area contributed by atoms with Crippen LogP contribution in [-0.4, -0.2) is 85.2 Å². The minimum Gasteiger partial charge on any atom is -0.364 e. The molecular formula is C19H34N6O. The molecule has 7 nitrogen and oxygen atoms in total. The lowest BCUT2D eigenvalue weighted by molar-refractivity contribution is 0.168. The normalized spacial score (nSPS) is 23.4. The second kappa shape index (κ2) is 9.92. The molecule has 146 valence electrons. The largest absolute Gasteiger partial charge is 0.364 e. The standard InChI is InChI=1S/C19H34N6O/c1-17-5-3-8-23(15-17)9-4-7-21-19(20-2)25-12-10-24(11-13-25)16-18-6-14-26-22-18/h6,14,17H,3-5,7-13,15-16H2,1-2H3,(H,20,21). The van der Waals surface area contributed by atoms with Crippen molar-refractivity contribution >= 4 is 5.96 Å². The van der Waals surface area contributed by atoms with Gasteiger partial charge in [0.05, 0.1) is 5.69 Å². The molecule has 2 aliphatic rings. The summed E-state index contributed by atoms with van der Waals surface area (Å²) in [6.45, 7) is 12.0. The van der Waals surface area contributed by atoms with Crippen LogP contribution in [0.25, 0.3) is 0 Å². The van der Waals surface area contributed by atoms with E-state index in [4.69, 9.17) is 4.52 Å². The van der Waals surface area contributed by atoms with E-state index in [1.54, 1.807) is 6.26 Å². The fourth-order valence-corrected chi connectivity index (χ4v) is 3.99. The van der Waals surface area contributed by atoms with Crippen molar-refractivity contribution in [1.82, 2.24) is 25.2 Å². The number of rotatable bonds is 6. The van der Waals surface area contributed by atoms with Gasteiger partial charge in [0.1, 0.15) is 6.26 Å². The molecule has 0 spiro atoms. The number of hydrogen-bond donors (Lipinski definition) is 1. The maximum Gasteiger partial charge on any atom is 0.193 e. The molecule has 3 rings (SSSR count). The molecule has 1 N–H and O–H groups in total. The zero-order valence-corrected chi connectivity index (χ0v) is 16.4. The highest BCUT2D eigenvalue weighted by Crippen LogP contribution is 2.15. The van der Waals surface area contributed by atoms with E-state index in [1.165, 1.54) is 38.9 Å². The van der Waals surface area contributed by atoms with E-state index in [-0.39, 0.29) is 0 Å². The summed E-state index contributed by atoms with van der Waals surface area (Å²) in [5.74, 6) is 1.90. The number of guanidine groups is 1. The van der Waals surface area contributed by atoms with Crippen molar-refractivity contribution in [3.8, 4) is 0 Å². The third-order valence-corrected chi connectivity index (χ3v) is 5.44. The Morgan fingerprint density at radius 2 is 2.12 bits per heavy atom. The molecule has 1 aromatic rings. The van der Waals surface area contributed by atoms with Gasteiger partial charge in [0, 0.05) is 58.9 Å². The van der Waals surface area contributed by atoms with Crippen molar-refractivity contribution in [3.63, 3.8) is 0 Å². The Kier molecular flexibility index (Phi) is 7.32. The van der Waals surface area contributed by atoms with E-state index in [9.17, 15) is 0 Å². The van der Waals surface area contributed by atoms with Gasteiger partial charge in [-0.1, -0.05) is 12.1 Å². The molecule has 2 fully saturated rings. The van der Waals surface area contributed by atoms with E-state index in [2.05, 4.69) is 37.1 Å². The highest BCUT2D eigenvalue weighted by molar-refractivity contribution is 5.79. The van der Waals surface area contributed by atoms with Crippen LogP contribution in [0.1, 0.15) is 31.9 Å². The first-order valence-corrected chi connectivity index (χ1v) is 10.0.